The predicted molar refractivity (Wildman–Crippen MR) is 81.8 cm³/mol. The molecular weight excluding hydrogens is 252 g/mol. The van der Waals surface area contributed by atoms with Crippen LogP contribution in [0, 0.1) is 0 Å². The van der Waals surface area contributed by atoms with Crippen LogP contribution in [0.1, 0.15) is 63.7 Å². The van der Waals surface area contributed by atoms with E-state index in [-0.39, 0.29) is 12.2 Å². The third kappa shape index (κ3) is 5.24. The van der Waals surface area contributed by atoms with E-state index in [9.17, 15) is 4.79 Å². The molecular formula is C17H26O3. The van der Waals surface area contributed by atoms with Gasteiger partial charge in [-0.1, -0.05) is 26.7 Å². The second-order valence-corrected chi connectivity index (χ2v) is 5.25. The molecule has 3 heteroatoms. The van der Waals surface area contributed by atoms with Crippen molar-refractivity contribution in [2.24, 2.45) is 0 Å². The van der Waals surface area contributed by atoms with E-state index < -0.39 is 0 Å². The van der Waals surface area contributed by atoms with Crippen LogP contribution in [-0.4, -0.2) is 18.5 Å². The highest BCUT2D eigenvalue weighted by Crippen LogP contribution is 2.26. The molecule has 0 heterocycles. The standard InChI is InChI=1S/C17H26O3/c1-5-7-13(3)19-16-10-9-15(12-18)17(11-16)20-14(4)8-6-2/h9-14H,5-8H2,1-4H3. The fourth-order valence-electron chi connectivity index (χ4n) is 2.17. The van der Waals surface area contributed by atoms with Crippen LogP contribution >= 0.6 is 0 Å². The molecule has 0 amide bonds. The van der Waals surface area contributed by atoms with Crippen molar-refractivity contribution in [2.75, 3.05) is 0 Å². The lowest BCUT2D eigenvalue weighted by molar-refractivity contribution is 0.111. The van der Waals surface area contributed by atoms with Crippen molar-refractivity contribution in [3.8, 4) is 11.5 Å². The zero-order valence-corrected chi connectivity index (χ0v) is 13.0. The van der Waals surface area contributed by atoms with Crippen LogP contribution in [0.4, 0.5) is 0 Å². The molecule has 0 radical (unpaired) electrons. The van der Waals surface area contributed by atoms with Gasteiger partial charge in [-0.15, -0.1) is 0 Å². The Morgan fingerprint density at radius 1 is 1.05 bits per heavy atom. The third-order valence-electron chi connectivity index (χ3n) is 3.17. The molecule has 1 rings (SSSR count). The Balaban J connectivity index is 2.82. The first-order valence-corrected chi connectivity index (χ1v) is 7.53. The van der Waals surface area contributed by atoms with Gasteiger partial charge in [0.05, 0.1) is 17.8 Å². The van der Waals surface area contributed by atoms with Gasteiger partial charge in [0.25, 0.3) is 0 Å². The summed E-state index contributed by atoms with van der Waals surface area (Å²) < 4.78 is 11.7. The normalized spacial score (nSPS) is 13.6. The van der Waals surface area contributed by atoms with Gasteiger partial charge in [-0.05, 0) is 38.8 Å². The molecule has 0 bridgehead atoms. The summed E-state index contributed by atoms with van der Waals surface area (Å²) in [5, 5.41) is 0. The van der Waals surface area contributed by atoms with Gasteiger partial charge in [-0.25, -0.2) is 0 Å². The van der Waals surface area contributed by atoms with Crippen LogP contribution in [0.2, 0.25) is 0 Å². The molecule has 2 unspecified atom stereocenters. The van der Waals surface area contributed by atoms with E-state index in [4.69, 9.17) is 9.47 Å². The minimum absolute atomic E-state index is 0.0991. The van der Waals surface area contributed by atoms with E-state index in [1.807, 2.05) is 19.1 Å². The molecule has 3 nitrogen and oxygen atoms in total. The van der Waals surface area contributed by atoms with Crippen molar-refractivity contribution in [3.05, 3.63) is 23.8 Å². The number of aldehydes is 1. The fourth-order valence-corrected chi connectivity index (χ4v) is 2.17. The average Bonchev–Trinajstić information content (AvgIpc) is 2.39. The summed E-state index contributed by atoms with van der Waals surface area (Å²) in [7, 11) is 0. The predicted octanol–water partition coefficient (Wildman–Crippen LogP) is 4.63. The van der Waals surface area contributed by atoms with Gasteiger partial charge in [0.2, 0.25) is 0 Å². The van der Waals surface area contributed by atoms with Crippen molar-refractivity contribution >= 4 is 6.29 Å². The minimum atomic E-state index is 0.0991. The Kier molecular flexibility index (Phi) is 7.13. The first kappa shape index (κ1) is 16.5. The molecule has 0 N–H and O–H groups in total. The molecule has 0 saturated heterocycles. The summed E-state index contributed by atoms with van der Waals surface area (Å²) in [5.41, 5.74) is 0.573. The summed E-state index contributed by atoms with van der Waals surface area (Å²) in [6, 6.07) is 5.41. The fraction of sp³-hybridized carbons (Fsp3) is 0.588. The van der Waals surface area contributed by atoms with Crippen LogP contribution < -0.4 is 9.47 Å². The van der Waals surface area contributed by atoms with Gasteiger partial charge >= 0.3 is 0 Å². The summed E-state index contributed by atoms with van der Waals surface area (Å²) in [6.07, 6.45) is 5.22. The Morgan fingerprint density at radius 2 is 1.65 bits per heavy atom. The SMILES string of the molecule is CCCC(C)Oc1ccc(C=O)c(OC(C)CCC)c1. The first-order chi connectivity index (χ1) is 9.60. The van der Waals surface area contributed by atoms with Crippen LogP contribution in [-0.2, 0) is 0 Å². The molecule has 1 aromatic rings. The summed E-state index contributed by atoms with van der Waals surface area (Å²) in [5.74, 6) is 1.37. The number of carbonyl (C=O) groups is 1. The van der Waals surface area contributed by atoms with Crippen molar-refractivity contribution in [2.45, 2.75) is 65.6 Å². The maximum atomic E-state index is 11.1. The zero-order valence-electron chi connectivity index (χ0n) is 13.0. The van der Waals surface area contributed by atoms with E-state index in [1.54, 1.807) is 6.07 Å². The van der Waals surface area contributed by atoms with E-state index in [2.05, 4.69) is 20.8 Å². The Bertz CT molecular complexity index is 415. The number of benzene rings is 1. The van der Waals surface area contributed by atoms with Crippen LogP contribution in [0.25, 0.3) is 0 Å². The Morgan fingerprint density at radius 3 is 2.20 bits per heavy atom. The highest BCUT2D eigenvalue weighted by Gasteiger charge is 2.11. The largest absolute Gasteiger partial charge is 0.491 e. The van der Waals surface area contributed by atoms with E-state index in [0.29, 0.717) is 11.3 Å². The summed E-state index contributed by atoms with van der Waals surface area (Å²) in [4.78, 5) is 11.1. The number of hydrogen-bond donors (Lipinski definition) is 0. The van der Waals surface area contributed by atoms with Gasteiger partial charge < -0.3 is 9.47 Å². The number of hydrogen-bond acceptors (Lipinski definition) is 3. The molecule has 0 aliphatic rings. The lowest BCUT2D eigenvalue weighted by Gasteiger charge is -2.18. The van der Waals surface area contributed by atoms with E-state index >= 15 is 0 Å². The second-order valence-electron chi connectivity index (χ2n) is 5.25. The molecule has 1 aromatic carbocycles. The Labute approximate surface area is 122 Å². The zero-order chi connectivity index (χ0) is 15.0. The molecule has 0 spiro atoms. The average molecular weight is 278 g/mol. The van der Waals surface area contributed by atoms with Crippen LogP contribution in [0.3, 0.4) is 0 Å². The summed E-state index contributed by atoms with van der Waals surface area (Å²) in [6.45, 7) is 8.32. The molecule has 2 atom stereocenters. The molecule has 0 aliphatic carbocycles. The minimum Gasteiger partial charge on any atom is -0.491 e. The van der Waals surface area contributed by atoms with Crippen LogP contribution in [0.15, 0.2) is 18.2 Å². The molecule has 0 saturated carbocycles. The van der Waals surface area contributed by atoms with E-state index in [1.165, 1.54) is 0 Å². The molecule has 20 heavy (non-hydrogen) atoms. The van der Waals surface area contributed by atoms with Gasteiger partial charge in [0.1, 0.15) is 11.5 Å². The van der Waals surface area contributed by atoms with Crippen LogP contribution in [0.5, 0.6) is 11.5 Å². The first-order valence-electron chi connectivity index (χ1n) is 7.53. The van der Waals surface area contributed by atoms with Gasteiger partial charge in [-0.3, -0.25) is 4.79 Å². The monoisotopic (exact) mass is 278 g/mol. The van der Waals surface area contributed by atoms with E-state index in [0.717, 1.165) is 37.7 Å². The topological polar surface area (TPSA) is 35.5 Å². The lowest BCUT2D eigenvalue weighted by Crippen LogP contribution is -2.14. The maximum Gasteiger partial charge on any atom is 0.153 e. The highest BCUT2D eigenvalue weighted by atomic mass is 16.5. The third-order valence-corrected chi connectivity index (χ3v) is 3.17. The highest BCUT2D eigenvalue weighted by molar-refractivity contribution is 5.79. The van der Waals surface area contributed by atoms with Crippen molar-refractivity contribution in [1.82, 2.24) is 0 Å². The maximum absolute atomic E-state index is 11.1. The van der Waals surface area contributed by atoms with Crippen molar-refractivity contribution < 1.29 is 14.3 Å². The second kappa shape index (κ2) is 8.62. The number of rotatable bonds is 9. The van der Waals surface area contributed by atoms with Crippen molar-refractivity contribution in [1.29, 1.82) is 0 Å². The van der Waals surface area contributed by atoms with Gasteiger partial charge in [0.15, 0.2) is 6.29 Å². The number of carbonyl (C=O) groups excluding carboxylic acids is 1. The van der Waals surface area contributed by atoms with Crippen molar-refractivity contribution in [3.63, 3.8) is 0 Å². The Hall–Kier alpha value is -1.51. The summed E-state index contributed by atoms with van der Waals surface area (Å²) >= 11 is 0. The molecule has 0 fully saturated rings. The molecule has 0 aliphatic heterocycles. The van der Waals surface area contributed by atoms with Gasteiger partial charge in [0, 0.05) is 6.07 Å². The molecule has 112 valence electrons. The van der Waals surface area contributed by atoms with Gasteiger partial charge in [-0.2, -0.15) is 0 Å². The number of ether oxygens (including phenoxy) is 2. The smallest absolute Gasteiger partial charge is 0.153 e. The lowest BCUT2D eigenvalue weighted by atomic mass is 10.2. The molecule has 0 aromatic heterocycles. The quantitative estimate of drug-likeness (QED) is 0.618.